The zero-order chi connectivity index (χ0) is 23.8. The molecule has 8 heteroatoms. The number of thiocarbonyl (C=S) groups is 1. The summed E-state index contributed by atoms with van der Waals surface area (Å²) >= 11 is 5.72. The molecule has 1 aliphatic heterocycles. The van der Waals surface area contributed by atoms with Crippen LogP contribution < -0.4 is 10.2 Å². The van der Waals surface area contributed by atoms with Crippen LogP contribution in [0.3, 0.4) is 0 Å². The first kappa shape index (κ1) is 21.9. The van der Waals surface area contributed by atoms with E-state index in [1.54, 1.807) is 24.3 Å². The van der Waals surface area contributed by atoms with E-state index in [4.69, 9.17) is 16.7 Å². The van der Waals surface area contributed by atoms with Crippen molar-refractivity contribution in [1.29, 1.82) is 0 Å². The number of nitrogens with one attached hydrogen (secondary N) is 1. The summed E-state index contributed by atoms with van der Waals surface area (Å²) in [6.45, 7) is 3.94. The predicted molar refractivity (Wildman–Crippen MR) is 131 cm³/mol. The lowest BCUT2D eigenvalue weighted by atomic mass is 9.94. The van der Waals surface area contributed by atoms with Crippen molar-refractivity contribution in [2.75, 3.05) is 4.90 Å². The van der Waals surface area contributed by atoms with Crippen LogP contribution in [0.15, 0.2) is 83.0 Å². The van der Waals surface area contributed by atoms with Crippen LogP contribution in [-0.2, 0) is 0 Å². The average molecular weight is 475 g/mol. The highest BCUT2D eigenvalue weighted by atomic mass is 32.1. The molecule has 0 saturated carbocycles. The van der Waals surface area contributed by atoms with Crippen molar-refractivity contribution in [3.63, 3.8) is 0 Å². The molecule has 1 N–H and O–H groups in total. The molecular formula is C26H20F2N4OS. The Hall–Kier alpha value is -3.91. The number of aryl methyl sites for hydroxylation is 1. The summed E-state index contributed by atoms with van der Waals surface area (Å²) in [6, 6.07) is 19.7. The monoisotopic (exact) mass is 474 g/mol. The Morgan fingerprint density at radius 1 is 0.941 bits per heavy atom. The molecule has 0 saturated heterocycles. The summed E-state index contributed by atoms with van der Waals surface area (Å²) in [5.74, 6) is -0.198. The van der Waals surface area contributed by atoms with Crippen molar-refractivity contribution in [3.05, 3.63) is 107 Å². The second kappa shape index (κ2) is 8.79. The van der Waals surface area contributed by atoms with E-state index >= 15 is 0 Å². The number of aromatic nitrogens is 2. The van der Waals surface area contributed by atoms with Crippen LogP contribution in [0.2, 0.25) is 0 Å². The Labute approximate surface area is 200 Å². The largest absolute Gasteiger partial charge is 0.351 e. The van der Waals surface area contributed by atoms with Gasteiger partial charge in [0.1, 0.15) is 11.6 Å². The van der Waals surface area contributed by atoms with Gasteiger partial charge in [-0.2, -0.15) is 4.98 Å². The summed E-state index contributed by atoms with van der Waals surface area (Å²) in [5, 5.41) is 7.91. The third kappa shape index (κ3) is 4.08. The van der Waals surface area contributed by atoms with Crippen LogP contribution in [0.5, 0.6) is 0 Å². The number of benzene rings is 3. The Morgan fingerprint density at radius 3 is 2.38 bits per heavy atom. The number of nitrogens with zero attached hydrogens (tertiary/aromatic N) is 3. The highest BCUT2D eigenvalue weighted by Gasteiger charge is 2.34. The minimum atomic E-state index is -0.449. The average Bonchev–Trinajstić information content (AvgIpc) is 3.30. The molecule has 0 amide bonds. The smallest absolute Gasteiger partial charge is 0.258 e. The minimum Gasteiger partial charge on any atom is -0.351 e. The van der Waals surface area contributed by atoms with E-state index in [9.17, 15) is 8.78 Å². The van der Waals surface area contributed by atoms with E-state index in [1.807, 2.05) is 43.0 Å². The molecule has 1 unspecified atom stereocenters. The van der Waals surface area contributed by atoms with Crippen molar-refractivity contribution >= 4 is 28.6 Å². The van der Waals surface area contributed by atoms with E-state index in [2.05, 4.69) is 15.5 Å². The van der Waals surface area contributed by atoms with Gasteiger partial charge in [-0.25, -0.2) is 8.78 Å². The van der Waals surface area contributed by atoms with Gasteiger partial charge in [-0.05, 0) is 68.0 Å². The number of allylic oxidation sites excluding steroid dienone is 1. The van der Waals surface area contributed by atoms with E-state index in [-0.39, 0.29) is 17.5 Å². The van der Waals surface area contributed by atoms with Gasteiger partial charge >= 0.3 is 0 Å². The molecule has 1 aliphatic rings. The van der Waals surface area contributed by atoms with Gasteiger partial charge in [-0.3, -0.25) is 4.90 Å². The number of hydrogen-bond donors (Lipinski definition) is 1. The molecular weight excluding hydrogens is 454 g/mol. The maximum absolute atomic E-state index is 13.7. The summed E-state index contributed by atoms with van der Waals surface area (Å²) in [7, 11) is 0. The molecule has 5 rings (SSSR count). The van der Waals surface area contributed by atoms with Crippen LogP contribution in [0, 0.1) is 18.6 Å². The minimum absolute atomic E-state index is 0.262. The highest BCUT2D eigenvalue weighted by Crippen LogP contribution is 2.39. The summed E-state index contributed by atoms with van der Waals surface area (Å²) in [5.41, 5.74) is 4.77. The van der Waals surface area contributed by atoms with Crippen molar-refractivity contribution in [2.45, 2.75) is 19.9 Å². The second-order valence-corrected chi connectivity index (χ2v) is 8.42. The van der Waals surface area contributed by atoms with Gasteiger partial charge in [0.2, 0.25) is 5.82 Å². The quantitative estimate of drug-likeness (QED) is 0.356. The van der Waals surface area contributed by atoms with Crippen LogP contribution in [0.4, 0.5) is 14.5 Å². The fraction of sp³-hybridized carbons (Fsp3) is 0.115. The van der Waals surface area contributed by atoms with Gasteiger partial charge in [0.05, 0.1) is 11.6 Å². The van der Waals surface area contributed by atoms with Crippen molar-refractivity contribution < 1.29 is 13.3 Å². The predicted octanol–water partition coefficient (Wildman–Crippen LogP) is 6.19. The van der Waals surface area contributed by atoms with Crippen LogP contribution in [-0.4, -0.2) is 15.3 Å². The fourth-order valence-corrected chi connectivity index (χ4v) is 4.37. The third-order valence-corrected chi connectivity index (χ3v) is 6.02. The molecule has 170 valence electrons. The van der Waals surface area contributed by atoms with Crippen LogP contribution in [0.1, 0.15) is 30.0 Å². The van der Waals surface area contributed by atoms with Crippen molar-refractivity contribution in [3.8, 4) is 11.4 Å². The zero-order valence-electron chi connectivity index (χ0n) is 18.4. The molecule has 1 atom stereocenters. The third-order valence-electron chi connectivity index (χ3n) is 5.72. The normalized spacial score (nSPS) is 16.1. The zero-order valence-corrected chi connectivity index (χ0v) is 19.2. The maximum atomic E-state index is 13.7. The van der Waals surface area contributed by atoms with E-state index in [0.29, 0.717) is 16.2 Å². The lowest BCUT2D eigenvalue weighted by Crippen LogP contribution is -2.46. The summed E-state index contributed by atoms with van der Waals surface area (Å²) in [6.07, 6.45) is 0. The number of halogens is 2. The molecule has 3 aromatic carbocycles. The topological polar surface area (TPSA) is 54.2 Å². The van der Waals surface area contributed by atoms with Gasteiger partial charge in [-0.1, -0.05) is 47.1 Å². The van der Waals surface area contributed by atoms with Crippen LogP contribution >= 0.6 is 12.2 Å². The molecule has 1 aromatic heterocycles. The van der Waals surface area contributed by atoms with Crippen molar-refractivity contribution in [2.24, 2.45) is 0 Å². The first-order valence-corrected chi connectivity index (χ1v) is 11.0. The van der Waals surface area contributed by atoms with Gasteiger partial charge in [0, 0.05) is 16.9 Å². The fourth-order valence-electron chi connectivity index (χ4n) is 4.01. The lowest BCUT2D eigenvalue weighted by Gasteiger charge is -2.37. The standard InChI is InChI=1S/C26H20F2N4OS/c1-15-6-12-21(13-7-15)32-16(2)22(23(29-26(32)34)17-8-10-19(27)11-9-17)25-30-24(31-33-25)18-4-3-5-20(28)14-18/h3-14,23H,1-2H3,(H,29,34). The van der Waals surface area contributed by atoms with Crippen molar-refractivity contribution in [1.82, 2.24) is 15.5 Å². The van der Waals surface area contributed by atoms with Gasteiger partial charge in [-0.15, -0.1) is 0 Å². The Morgan fingerprint density at radius 2 is 1.68 bits per heavy atom. The molecule has 0 radical (unpaired) electrons. The molecule has 0 fully saturated rings. The molecule has 5 nitrogen and oxygen atoms in total. The number of hydrogen-bond acceptors (Lipinski definition) is 4. The molecule has 4 aromatic rings. The Kier molecular flexibility index (Phi) is 5.67. The molecule has 0 aliphatic carbocycles. The number of rotatable bonds is 4. The first-order chi connectivity index (χ1) is 16.4. The maximum Gasteiger partial charge on any atom is 0.258 e. The van der Waals surface area contributed by atoms with Gasteiger partial charge in [0.15, 0.2) is 5.11 Å². The highest BCUT2D eigenvalue weighted by molar-refractivity contribution is 7.80. The van der Waals surface area contributed by atoms with E-state index < -0.39 is 11.9 Å². The molecule has 0 spiro atoms. The molecule has 2 heterocycles. The Bertz CT molecular complexity index is 1400. The first-order valence-electron chi connectivity index (χ1n) is 10.6. The Balaban J connectivity index is 1.65. The van der Waals surface area contributed by atoms with E-state index in [0.717, 1.165) is 22.5 Å². The summed E-state index contributed by atoms with van der Waals surface area (Å²) in [4.78, 5) is 6.47. The second-order valence-electron chi connectivity index (χ2n) is 8.04. The molecule has 0 bridgehead atoms. The lowest BCUT2D eigenvalue weighted by molar-refractivity contribution is 0.404. The van der Waals surface area contributed by atoms with E-state index in [1.165, 1.54) is 24.3 Å². The summed E-state index contributed by atoms with van der Waals surface area (Å²) < 4.78 is 33.0. The van der Waals surface area contributed by atoms with Crippen LogP contribution in [0.25, 0.3) is 17.0 Å². The van der Waals surface area contributed by atoms with Gasteiger partial charge < -0.3 is 9.84 Å². The number of anilines is 1. The molecule has 34 heavy (non-hydrogen) atoms. The van der Waals surface area contributed by atoms with Gasteiger partial charge in [0.25, 0.3) is 5.89 Å². The SMILES string of the molecule is CC1=C(c2nc(-c3cccc(F)c3)no2)C(c2ccc(F)cc2)NC(=S)N1c1ccc(C)cc1.